The summed E-state index contributed by atoms with van der Waals surface area (Å²) in [5, 5.41) is 2.27. The van der Waals surface area contributed by atoms with Gasteiger partial charge in [-0.25, -0.2) is 0 Å². The summed E-state index contributed by atoms with van der Waals surface area (Å²) in [5.41, 5.74) is 27.7. The molecule has 0 N–H and O–H groups in total. The number of aryl methyl sites for hydroxylation is 2. The summed E-state index contributed by atoms with van der Waals surface area (Å²) >= 11 is 0. The van der Waals surface area contributed by atoms with E-state index in [9.17, 15) is 0 Å². The first-order chi connectivity index (χ1) is 35.3. The normalized spacial score (nSPS) is 20.1. The quantitative estimate of drug-likeness (QED) is 0.165. The van der Waals surface area contributed by atoms with Gasteiger partial charge in [-0.2, -0.15) is 0 Å². The molecule has 3 aliphatic heterocycles. The van der Waals surface area contributed by atoms with E-state index in [1.807, 2.05) is 0 Å². The minimum Gasteiger partial charge on any atom is -0.456 e. The summed E-state index contributed by atoms with van der Waals surface area (Å²) in [6.45, 7) is 28.8. The molecule has 2 aliphatic carbocycles. The number of benzene rings is 8. The SMILES string of the molecule is Cc1cc(C)c2c(c1)N(c1cc3c4c(c1)N(c1ccc5oc6ccccc6c5c1)c1ccc(C(C)(C)C)cc1B4c1cc(C(C)(C)C)ccc1N3c1ccc3c(c1)C(C)(C)c1ccccc1-3)C1(C)CCCCC21C. The summed E-state index contributed by atoms with van der Waals surface area (Å²) in [6.07, 6.45) is 4.76. The lowest BCUT2D eigenvalue weighted by Crippen LogP contribution is -2.62. The van der Waals surface area contributed by atoms with Gasteiger partial charge in [0.15, 0.2) is 0 Å². The average Bonchev–Trinajstić information content (AvgIpc) is 3.96. The second-order valence-electron chi connectivity index (χ2n) is 25.9. The van der Waals surface area contributed by atoms with Gasteiger partial charge in [-0.3, -0.25) is 0 Å². The largest absolute Gasteiger partial charge is 0.456 e. The van der Waals surface area contributed by atoms with Crippen LogP contribution in [0, 0.1) is 13.8 Å². The monoisotopic (exact) mass is 966 g/mol. The van der Waals surface area contributed by atoms with Crippen molar-refractivity contribution in [1.82, 2.24) is 0 Å². The Bertz CT molecular complexity index is 3900. The lowest BCUT2D eigenvalue weighted by atomic mass is 9.33. The van der Waals surface area contributed by atoms with E-state index in [4.69, 9.17) is 4.42 Å². The van der Waals surface area contributed by atoms with Crippen molar-refractivity contribution >= 4 is 90.5 Å². The summed E-state index contributed by atoms with van der Waals surface area (Å²) in [5.74, 6) is 0. The van der Waals surface area contributed by atoms with E-state index < -0.39 is 0 Å². The summed E-state index contributed by atoms with van der Waals surface area (Å²) in [4.78, 5) is 8.13. The molecule has 368 valence electrons. The Kier molecular flexibility index (Phi) is 9.30. The third-order valence-electron chi connectivity index (χ3n) is 19.0. The predicted molar refractivity (Wildman–Crippen MR) is 315 cm³/mol. The first kappa shape index (κ1) is 45.6. The molecule has 74 heavy (non-hydrogen) atoms. The second kappa shape index (κ2) is 15.1. The predicted octanol–water partition coefficient (Wildman–Crippen LogP) is 16.9. The van der Waals surface area contributed by atoms with Gasteiger partial charge in [-0.15, -0.1) is 0 Å². The molecular weight excluding hydrogens is 898 g/mol. The van der Waals surface area contributed by atoms with Gasteiger partial charge in [0.2, 0.25) is 0 Å². The highest BCUT2D eigenvalue weighted by Gasteiger charge is 2.59. The van der Waals surface area contributed by atoms with Crippen molar-refractivity contribution in [3.63, 3.8) is 0 Å². The Balaban J connectivity index is 1.12. The van der Waals surface area contributed by atoms with Crippen LogP contribution in [0.15, 0.2) is 150 Å². The van der Waals surface area contributed by atoms with Gasteiger partial charge in [0.25, 0.3) is 6.71 Å². The molecule has 1 aromatic heterocycles. The lowest BCUT2D eigenvalue weighted by molar-refractivity contribution is 0.194. The number of fused-ring (bicyclic) bond motifs is 13. The highest BCUT2D eigenvalue weighted by molar-refractivity contribution is 7.00. The van der Waals surface area contributed by atoms with Crippen LogP contribution < -0.4 is 31.1 Å². The molecule has 2 unspecified atom stereocenters. The Labute approximate surface area is 439 Å². The maximum Gasteiger partial charge on any atom is 0.252 e. The summed E-state index contributed by atoms with van der Waals surface area (Å²) in [6, 6.07) is 56.9. The third kappa shape index (κ3) is 6.10. The van der Waals surface area contributed by atoms with Crippen molar-refractivity contribution in [1.29, 1.82) is 0 Å². The minimum absolute atomic E-state index is 0.0206. The van der Waals surface area contributed by atoms with E-state index >= 15 is 0 Å². The lowest BCUT2D eigenvalue weighted by Gasteiger charge is -2.51. The first-order valence-corrected chi connectivity index (χ1v) is 27.4. The smallest absolute Gasteiger partial charge is 0.252 e. The second-order valence-corrected chi connectivity index (χ2v) is 25.9. The molecule has 9 aromatic rings. The maximum absolute atomic E-state index is 6.54. The molecule has 2 atom stereocenters. The Morgan fingerprint density at radius 3 is 1.78 bits per heavy atom. The van der Waals surface area contributed by atoms with Crippen molar-refractivity contribution in [2.75, 3.05) is 14.7 Å². The van der Waals surface area contributed by atoms with E-state index in [-0.39, 0.29) is 33.9 Å². The van der Waals surface area contributed by atoms with Crippen LogP contribution >= 0.6 is 0 Å². The van der Waals surface area contributed by atoms with E-state index in [0.717, 1.165) is 34.0 Å². The molecule has 0 bridgehead atoms. The molecule has 4 nitrogen and oxygen atoms in total. The van der Waals surface area contributed by atoms with Crippen molar-refractivity contribution in [3.05, 3.63) is 185 Å². The van der Waals surface area contributed by atoms with Gasteiger partial charge in [0, 0.05) is 67.1 Å². The molecule has 14 rings (SSSR count). The molecule has 5 aliphatic rings. The van der Waals surface area contributed by atoms with E-state index in [0.29, 0.717) is 0 Å². The number of rotatable bonds is 3. The van der Waals surface area contributed by atoms with Crippen molar-refractivity contribution in [3.8, 4) is 11.1 Å². The molecule has 1 saturated carbocycles. The Morgan fingerprint density at radius 1 is 0.500 bits per heavy atom. The van der Waals surface area contributed by atoms with Crippen LogP contribution in [0.3, 0.4) is 0 Å². The number of nitrogens with zero attached hydrogens (tertiary/aromatic N) is 3. The zero-order chi connectivity index (χ0) is 51.2. The van der Waals surface area contributed by atoms with Crippen LogP contribution in [0.25, 0.3) is 33.1 Å². The van der Waals surface area contributed by atoms with Crippen LogP contribution in [-0.2, 0) is 21.7 Å². The fraction of sp³-hybridized carbons (Fsp3) is 0.304. The number of para-hydroxylation sites is 1. The number of furan rings is 1. The van der Waals surface area contributed by atoms with Gasteiger partial charge in [0.05, 0.1) is 5.54 Å². The van der Waals surface area contributed by atoms with Gasteiger partial charge in [0.1, 0.15) is 11.2 Å². The summed E-state index contributed by atoms with van der Waals surface area (Å²) in [7, 11) is 0. The van der Waals surface area contributed by atoms with Gasteiger partial charge >= 0.3 is 0 Å². The van der Waals surface area contributed by atoms with Crippen molar-refractivity contribution in [2.45, 2.75) is 136 Å². The minimum atomic E-state index is -0.162. The van der Waals surface area contributed by atoms with Crippen LogP contribution in [0.2, 0.25) is 0 Å². The molecule has 8 aromatic carbocycles. The third-order valence-corrected chi connectivity index (χ3v) is 19.0. The summed E-state index contributed by atoms with van der Waals surface area (Å²) < 4.78 is 6.54. The first-order valence-electron chi connectivity index (χ1n) is 27.4. The Hall–Kier alpha value is -6.98. The van der Waals surface area contributed by atoms with Crippen LogP contribution in [0.5, 0.6) is 0 Å². The van der Waals surface area contributed by atoms with Crippen molar-refractivity contribution in [2.24, 2.45) is 0 Å². The maximum atomic E-state index is 6.54. The molecular formula is C69H68BN3O. The molecule has 4 heterocycles. The molecule has 0 amide bonds. The molecule has 1 fully saturated rings. The van der Waals surface area contributed by atoms with Crippen molar-refractivity contribution < 1.29 is 4.42 Å². The highest BCUT2D eigenvalue weighted by atomic mass is 16.3. The van der Waals surface area contributed by atoms with Crippen LogP contribution in [0.1, 0.15) is 134 Å². The zero-order valence-electron chi connectivity index (χ0n) is 45.5. The van der Waals surface area contributed by atoms with Gasteiger partial charge in [-0.05, 0) is 178 Å². The van der Waals surface area contributed by atoms with E-state index in [1.54, 1.807) is 0 Å². The molecule has 0 saturated heterocycles. The van der Waals surface area contributed by atoms with Crippen LogP contribution in [-0.4, -0.2) is 12.3 Å². The standard InChI is InChI=1S/C69H68BN3O/c1-41-33-42(2)63-58(34-41)73(69(12)32-18-17-31-68(63,69)11)47-39-59-64-60(40-47)72(46-25-27-49-48-19-13-15-21-52(48)67(9,10)53(49)38-46)57-29-24-44(66(6,7)8)36-55(57)70(64)54-35-43(65(3,4)5)23-28-56(54)71(59)45-26-30-62-51(37-45)50-20-14-16-22-61(50)74-62/h13-16,19-30,33-40H,17-18,31-32H2,1-12H3. The molecule has 0 radical (unpaired) electrons. The number of hydrogen-bond donors (Lipinski definition) is 0. The van der Waals surface area contributed by atoms with Gasteiger partial charge < -0.3 is 19.1 Å². The number of anilines is 8. The molecule has 0 spiro atoms. The topological polar surface area (TPSA) is 22.9 Å². The van der Waals surface area contributed by atoms with Crippen LogP contribution in [0.4, 0.5) is 45.5 Å². The average molecular weight is 966 g/mol. The van der Waals surface area contributed by atoms with E-state index in [2.05, 4.69) is 243 Å². The fourth-order valence-electron chi connectivity index (χ4n) is 15.1. The Morgan fingerprint density at radius 2 is 1.09 bits per heavy atom. The zero-order valence-corrected chi connectivity index (χ0v) is 45.5. The highest BCUT2D eigenvalue weighted by Crippen LogP contribution is 2.63. The fourth-order valence-corrected chi connectivity index (χ4v) is 15.1. The number of hydrogen-bond acceptors (Lipinski definition) is 4. The molecule has 5 heteroatoms. The van der Waals surface area contributed by atoms with Gasteiger partial charge in [-0.1, -0.05) is 154 Å². The van der Waals surface area contributed by atoms with E-state index in [1.165, 1.54) is 126 Å².